The molecule has 150 valence electrons. The van der Waals surface area contributed by atoms with Gasteiger partial charge in [-0.25, -0.2) is 4.98 Å². The van der Waals surface area contributed by atoms with Gasteiger partial charge in [0.1, 0.15) is 5.75 Å². The summed E-state index contributed by atoms with van der Waals surface area (Å²) < 4.78 is 12.1. The van der Waals surface area contributed by atoms with Crippen LogP contribution in [0, 0.1) is 0 Å². The molecule has 0 saturated heterocycles. The predicted molar refractivity (Wildman–Crippen MR) is 111 cm³/mol. The van der Waals surface area contributed by atoms with Crippen molar-refractivity contribution in [1.82, 2.24) is 20.1 Å². The maximum atomic E-state index is 12.2. The summed E-state index contributed by atoms with van der Waals surface area (Å²) in [5.41, 5.74) is 0.826. The molecule has 0 fully saturated rings. The highest BCUT2D eigenvalue weighted by molar-refractivity contribution is 7.99. The van der Waals surface area contributed by atoms with Gasteiger partial charge in [-0.1, -0.05) is 30.0 Å². The molecule has 28 heavy (non-hydrogen) atoms. The molecule has 0 aliphatic carbocycles. The normalized spacial score (nSPS) is 12.5. The van der Waals surface area contributed by atoms with Crippen molar-refractivity contribution in [2.75, 3.05) is 31.8 Å². The third-order valence-electron chi connectivity index (χ3n) is 3.96. The molecule has 0 spiro atoms. The third kappa shape index (κ3) is 5.00. The Balaban J connectivity index is 1.57. The fourth-order valence-corrected chi connectivity index (χ4v) is 4.15. The van der Waals surface area contributed by atoms with Crippen LogP contribution < -0.4 is 10.1 Å². The van der Waals surface area contributed by atoms with E-state index in [4.69, 9.17) is 9.15 Å². The average molecular weight is 422 g/mol. The summed E-state index contributed by atoms with van der Waals surface area (Å²) in [6, 6.07) is 5.75. The van der Waals surface area contributed by atoms with Crippen LogP contribution in [-0.4, -0.2) is 52.4 Å². The topological polar surface area (TPSA) is 93.4 Å². The Labute approximate surface area is 171 Å². The molecule has 3 aromatic rings. The molecule has 1 unspecified atom stereocenters. The Morgan fingerprint density at radius 3 is 2.89 bits per heavy atom. The van der Waals surface area contributed by atoms with E-state index in [0.29, 0.717) is 22.9 Å². The molecular weight excluding hydrogens is 398 g/mol. The lowest BCUT2D eigenvalue weighted by atomic mass is 10.2. The molecule has 0 bridgehead atoms. The Morgan fingerprint density at radius 1 is 1.36 bits per heavy atom. The van der Waals surface area contributed by atoms with Crippen LogP contribution in [0.3, 0.4) is 0 Å². The fraction of sp³-hybridized carbons (Fsp3) is 0.444. The number of fused-ring (bicyclic) bond motifs is 1. The molecule has 0 aliphatic heterocycles. The summed E-state index contributed by atoms with van der Waals surface area (Å²) in [6.45, 7) is 4.61. The maximum absolute atomic E-state index is 12.2. The minimum Gasteiger partial charge on any atom is -0.494 e. The largest absolute Gasteiger partial charge is 0.494 e. The van der Waals surface area contributed by atoms with Gasteiger partial charge < -0.3 is 14.5 Å². The number of nitrogens with one attached hydrogen (secondary N) is 1. The van der Waals surface area contributed by atoms with Gasteiger partial charge in [-0.3, -0.25) is 9.69 Å². The number of anilines is 1. The van der Waals surface area contributed by atoms with Crippen molar-refractivity contribution in [2.45, 2.75) is 31.5 Å². The first kappa shape index (κ1) is 20.6. The minimum atomic E-state index is -0.173. The van der Waals surface area contributed by atoms with Gasteiger partial charge in [-0.05, 0) is 45.6 Å². The average Bonchev–Trinajstić information content (AvgIpc) is 3.27. The lowest BCUT2D eigenvalue weighted by Gasteiger charge is -2.18. The summed E-state index contributed by atoms with van der Waals surface area (Å²) >= 11 is 2.62. The number of aromatic nitrogens is 3. The number of hydrogen-bond donors (Lipinski definition) is 1. The molecule has 0 radical (unpaired) electrons. The molecule has 2 heterocycles. The summed E-state index contributed by atoms with van der Waals surface area (Å²) in [7, 11) is 3.93. The Morgan fingerprint density at radius 2 is 2.18 bits per heavy atom. The molecule has 1 atom stereocenters. The number of amides is 1. The van der Waals surface area contributed by atoms with Crippen LogP contribution in [0.5, 0.6) is 5.75 Å². The first-order chi connectivity index (χ1) is 13.5. The van der Waals surface area contributed by atoms with Crippen molar-refractivity contribution in [3.8, 4) is 5.75 Å². The van der Waals surface area contributed by atoms with Crippen LogP contribution >= 0.6 is 23.1 Å². The van der Waals surface area contributed by atoms with Crippen molar-refractivity contribution in [2.24, 2.45) is 0 Å². The second kappa shape index (κ2) is 9.35. The van der Waals surface area contributed by atoms with E-state index in [1.165, 1.54) is 23.1 Å². The number of thioether (sulfide) groups is 1. The zero-order chi connectivity index (χ0) is 20.1. The number of carbonyl (C=O) groups is 1. The van der Waals surface area contributed by atoms with Crippen LogP contribution in [0.1, 0.15) is 32.2 Å². The molecule has 0 aliphatic rings. The van der Waals surface area contributed by atoms with Crippen molar-refractivity contribution in [1.29, 1.82) is 0 Å². The molecule has 3 rings (SSSR count). The predicted octanol–water partition coefficient (Wildman–Crippen LogP) is 3.82. The van der Waals surface area contributed by atoms with Gasteiger partial charge in [0.15, 0.2) is 5.13 Å². The van der Waals surface area contributed by atoms with Gasteiger partial charge in [0.05, 0.1) is 28.6 Å². The zero-order valence-electron chi connectivity index (χ0n) is 16.3. The van der Waals surface area contributed by atoms with Gasteiger partial charge >= 0.3 is 0 Å². The summed E-state index contributed by atoms with van der Waals surface area (Å²) in [5.74, 6) is 1.35. The Bertz CT molecular complexity index is 940. The highest BCUT2D eigenvalue weighted by Gasteiger charge is 2.19. The molecule has 10 heteroatoms. The van der Waals surface area contributed by atoms with E-state index < -0.39 is 0 Å². The van der Waals surface area contributed by atoms with E-state index in [-0.39, 0.29) is 17.7 Å². The SMILES string of the molecule is CCOc1ccc2nc(NC(=O)CSc3nnc(C(CC)N(C)C)o3)sc2c1. The fourth-order valence-electron chi connectivity index (χ4n) is 2.67. The van der Waals surface area contributed by atoms with Gasteiger partial charge in [0.25, 0.3) is 5.22 Å². The number of benzene rings is 1. The monoisotopic (exact) mass is 421 g/mol. The molecule has 2 aromatic heterocycles. The third-order valence-corrected chi connectivity index (χ3v) is 5.71. The van der Waals surface area contributed by atoms with Crippen molar-refractivity contribution in [3.05, 3.63) is 24.1 Å². The zero-order valence-corrected chi connectivity index (χ0v) is 17.9. The van der Waals surface area contributed by atoms with E-state index in [2.05, 4.69) is 27.4 Å². The molecule has 1 aromatic carbocycles. The number of rotatable bonds is 9. The smallest absolute Gasteiger partial charge is 0.277 e. The molecule has 1 N–H and O–H groups in total. The summed E-state index contributed by atoms with van der Waals surface area (Å²) in [4.78, 5) is 18.7. The van der Waals surface area contributed by atoms with Crippen LogP contribution in [0.4, 0.5) is 5.13 Å². The maximum Gasteiger partial charge on any atom is 0.277 e. The summed E-state index contributed by atoms with van der Waals surface area (Å²) in [5, 5.41) is 11.9. The second-order valence-electron chi connectivity index (χ2n) is 6.21. The number of thiazole rings is 1. The van der Waals surface area contributed by atoms with Gasteiger partial charge in [-0.2, -0.15) is 0 Å². The second-order valence-corrected chi connectivity index (χ2v) is 8.17. The van der Waals surface area contributed by atoms with Crippen molar-refractivity contribution in [3.63, 3.8) is 0 Å². The van der Waals surface area contributed by atoms with Crippen LogP contribution in [0.15, 0.2) is 27.8 Å². The number of nitrogens with zero attached hydrogens (tertiary/aromatic N) is 4. The summed E-state index contributed by atoms with van der Waals surface area (Å²) in [6.07, 6.45) is 0.863. The standard InChI is InChI=1S/C18H23N5O3S2/c1-5-13(23(3)4)16-21-22-18(26-16)27-10-15(24)20-17-19-12-8-7-11(25-6-2)9-14(12)28-17/h7-9,13H,5-6,10H2,1-4H3,(H,19,20,24). The van der Waals surface area contributed by atoms with E-state index in [9.17, 15) is 4.79 Å². The molecule has 8 nitrogen and oxygen atoms in total. The highest BCUT2D eigenvalue weighted by atomic mass is 32.2. The number of carbonyl (C=O) groups excluding carboxylic acids is 1. The van der Waals surface area contributed by atoms with E-state index in [1.54, 1.807) is 0 Å². The lowest BCUT2D eigenvalue weighted by molar-refractivity contribution is -0.113. The first-order valence-corrected chi connectivity index (χ1v) is 10.8. The van der Waals surface area contributed by atoms with E-state index in [0.717, 1.165) is 22.4 Å². The lowest BCUT2D eigenvalue weighted by Crippen LogP contribution is -2.19. The van der Waals surface area contributed by atoms with Gasteiger partial charge in [0.2, 0.25) is 11.8 Å². The van der Waals surface area contributed by atoms with Crippen LogP contribution in [0.25, 0.3) is 10.2 Å². The molecule has 0 saturated carbocycles. The number of hydrogen-bond acceptors (Lipinski definition) is 9. The van der Waals surface area contributed by atoms with E-state index in [1.807, 2.05) is 44.1 Å². The van der Waals surface area contributed by atoms with Crippen molar-refractivity contribution >= 4 is 44.4 Å². The van der Waals surface area contributed by atoms with Gasteiger partial charge in [0, 0.05) is 0 Å². The van der Waals surface area contributed by atoms with Crippen LogP contribution in [0.2, 0.25) is 0 Å². The highest BCUT2D eigenvalue weighted by Crippen LogP contribution is 2.30. The molecule has 1 amide bonds. The quantitative estimate of drug-likeness (QED) is 0.521. The first-order valence-electron chi connectivity index (χ1n) is 8.96. The minimum absolute atomic E-state index is 0.0694. The number of ether oxygens (including phenoxy) is 1. The molecular formula is C18H23N5O3S2. The van der Waals surface area contributed by atoms with Crippen molar-refractivity contribution < 1.29 is 13.9 Å². The van der Waals surface area contributed by atoms with Crippen LogP contribution in [-0.2, 0) is 4.79 Å². The van der Waals surface area contributed by atoms with E-state index >= 15 is 0 Å². The van der Waals surface area contributed by atoms with Gasteiger partial charge in [-0.15, -0.1) is 10.2 Å². The Kier molecular flexibility index (Phi) is 6.87. The Hall–Kier alpha value is -2.17.